The first-order valence-corrected chi connectivity index (χ1v) is 5.93. The zero-order chi connectivity index (χ0) is 12.5. The lowest BCUT2D eigenvalue weighted by Crippen LogP contribution is -1.95. The van der Waals surface area contributed by atoms with E-state index in [2.05, 4.69) is 4.98 Å². The Bertz CT molecular complexity index is 683. The van der Waals surface area contributed by atoms with Crippen LogP contribution in [0.25, 0.3) is 22.6 Å². The van der Waals surface area contributed by atoms with Gasteiger partial charge >= 0.3 is 0 Å². The van der Waals surface area contributed by atoms with Gasteiger partial charge in [-0.3, -0.25) is 0 Å². The van der Waals surface area contributed by atoms with E-state index in [1.807, 2.05) is 49.4 Å². The number of nitrogens with two attached hydrogens (primary N) is 1. The third-order valence-corrected chi connectivity index (χ3v) is 2.98. The molecule has 0 radical (unpaired) electrons. The molecule has 3 aromatic rings. The minimum absolute atomic E-state index is 0.549. The van der Waals surface area contributed by atoms with Gasteiger partial charge in [0.05, 0.1) is 0 Å². The van der Waals surface area contributed by atoms with Crippen LogP contribution in [0.1, 0.15) is 11.1 Å². The summed E-state index contributed by atoms with van der Waals surface area (Å²) in [6.45, 7) is 2.59. The summed E-state index contributed by atoms with van der Waals surface area (Å²) in [6.07, 6.45) is 0. The van der Waals surface area contributed by atoms with Gasteiger partial charge in [0.15, 0.2) is 5.58 Å². The molecule has 0 aliphatic heterocycles. The molecule has 0 bridgehead atoms. The van der Waals surface area contributed by atoms with Crippen molar-refractivity contribution >= 4 is 11.1 Å². The van der Waals surface area contributed by atoms with Crippen molar-refractivity contribution < 1.29 is 4.42 Å². The van der Waals surface area contributed by atoms with Crippen molar-refractivity contribution in [1.29, 1.82) is 0 Å². The smallest absolute Gasteiger partial charge is 0.227 e. The molecule has 0 saturated heterocycles. The standard InChI is InChI=1S/C15H14N2O/c1-10-2-7-14-13(8-10)17-15(18-14)12-5-3-11(9-16)4-6-12/h2-8H,9,16H2,1H3. The summed E-state index contributed by atoms with van der Waals surface area (Å²) >= 11 is 0. The number of hydrogen-bond acceptors (Lipinski definition) is 3. The van der Waals surface area contributed by atoms with Gasteiger partial charge in [-0.2, -0.15) is 0 Å². The molecule has 1 heterocycles. The number of aryl methyl sites for hydroxylation is 1. The first-order valence-electron chi connectivity index (χ1n) is 5.93. The Hall–Kier alpha value is -2.13. The van der Waals surface area contributed by atoms with Crippen LogP contribution in [0.15, 0.2) is 46.9 Å². The lowest BCUT2D eigenvalue weighted by atomic mass is 10.1. The molecule has 0 spiro atoms. The number of rotatable bonds is 2. The number of hydrogen-bond donors (Lipinski definition) is 1. The van der Waals surface area contributed by atoms with Gasteiger partial charge in [0.1, 0.15) is 5.52 Å². The molecule has 2 N–H and O–H groups in total. The predicted octanol–water partition coefficient (Wildman–Crippen LogP) is 3.26. The molecular weight excluding hydrogens is 224 g/mol. The van der Waals surface area contributed by atoms with E-state index in [-0.39, 0.29) is 0 Å². The first-order chi connectivity index (χ1) is 8.76. The molecular formula is C15H14N2O. The maximum atomic E-state index is 5.74. The molecule has 3 rings (SSSR count). The fourth-order valence-electron chi connectivity index (χ4n) is 1.94. The summed E-state index contributed by atoms with van der Waals surface area (Å²) < 4.78 is 5.74. The van der Waals surface area contributed by atoms with Gasteiger partial charge in [0.25, 0.3) is 0 Å². The second kappa shape index (κ2) is 4.27. The number of fused-ring (bicyclic) bond motifs is 1. The van der Waals surface area contributed by atoms with Crippen molar-refractivity contribution in [3.8, 4) is 11.5 Å². The van der Waals surface area contributed by atoms with E-state index in [9.17, 15) is 0 Å². The fraction of sp³-hybridized carbons (Fsp3) is 0.133. The van der Waals surface area contributed by atoms with Gasteiger partial charge in [-0.05, 0) is 42.3 Å². The topological polar surface area (TPSA) is 52.0 Å². The van der Waals surface area contributed by atoms with Crippen LogP contribution < -0.4 is 5.73 Å². The van der Waals surface area contributed by atoms with Crippen molar-refractivity contribution in [2.24, 2.45) is 5.73 Å². The van der Waals surface area contributed by atoms with Crippen molar-refractivity contribution in [1.82, 2.24) is 4.98 Å². The summed E-state index contributed by atoms with van der Waals surface area (Å²) in [4.78, 5) is 4.50. The molecule has 3 nitrogen and oxygen atoms in total. The molecule has 0 atom stereocenters. The van der Waals surface area contributed by atoms with Gasteiger partial charge in [-0.15, -0.1) is 0 Å². The van der Waals surface area contributed by atoms with Crippen LogP contribution in [0.3, 0.4) is 0 Å². The molecule has 2 aromatic carbocycles. The third kappa shape index (κ3) is 1.89. The number of nitrogens with zero attached hydrogens (tertiary/aromatic N) is 1. The largest absolute Gasteiger partial charge is 0.436 e. The van der Waals surface area contributed by atoms with E-state index in [0.717, 1.165) is 22.2 Å². The summed E-state index contributed by atoms with van der Waals surface area (Å²) in [5.41, 5.74) is 10.5. The number of oxazole rings is 1. The Morgan fingerprint density at radius 3 is 2.61 bits per heavy atom. The van der Waals surface area contributed by atoms with E-state index in [0.29, 0.717) is 12.4 Å². The lowest BCUT2D eigenvalue weighted by molar-refractivity contribution is 0.620. The second-order valence-corrected chi connectivity index (χ2v) is 4.39. The average Bonchev–Trinajstić information content (AvgIpc) is 2.81. The summed E-state index contributed by atoms with van der Waals surface area (Å²) in [5, 5.41) is 0. The van der Waals surface area contributed by atoms with Crippen LogP contribution >= 0.6 is 0 Å². The lowest BCUT2D eigenvalue weighted by Gasteiger charge is -1.97. The molecule has 3 heteroatoms. The molecule has 0 aliphatic rings. The van der Waals surface area contributed by atoms with E-state index >= 15 is 0 Å². The Balaban J connectivity index is 2.07. The molecule has 90 valence electrons. The zero-order valence-corrected chi connectivity index (χ0v) is 10.2. The maximum Gasteiger partial charge on any atom is 0.227 e. The Morgan fingerprint density at radius 1 is 1.11 bits per heavy atom. The SMILES string of the molecule is Cc1ccc2oc(-c3ccc(CN)cc3)nc2c1. The normalized spacial score (nSPS) is 11.0. The van der Waals surface area contributed by atoms with E-state index in [1.165, 1.54) is 5.56 Å². The molecule has 0 amide bonds. The van der Waals surface area contributed by atoms with Crippen molar-refractivity contribution in [3.05, 3.63) is 53.6 Å². The monoisotopic (exact) mass is 238 g/mol. The Kier molecular flexibility index (Phi) is 2.61. The van der Waals surface area contributed by atoms with Gasteiger partial charge in [0, 0.05) is 12.1 Å². The van der Waals surface area contributed by atoms with Crippen LogP contribution in [-0.2, 0) is 6.54 Å². The van der Waals surface area contributed by atoms with Gasteiger partial charge < -0.3 is 10.2 Å². The highest BCUT2D eigenvalue weighted by Crippen LogP contribution is 2.24. The molecule has 18 heavy (non-hydrogen) atoms. The van der Waals surface area contributed by atoms with Crippen LogP contribution in [0.5, 0.6) is 0 Å². The molecule has 0 saturated carbocycles. The maximum absolute atomic E-state index is 5.74. The van der Waals surface area contributed by atoms with Crippen molar-refractivity contribution in [3.63, 3.8) is 0 Å². The molecule has 0 fully saturated rings. The quantitative estimate of drug-likeness (QED) is 0.745. The Labute approximate surface area is 105 Å². The van der Waals surface area contributed by atoms with Gasteiger partial charge in [-0.1, -0.05) is 18.2 Å². The van der Waals surface area contributed by atoms with Crippen molar-refractivity contribution in [2.75, 3.05) is 0 Å². The van der Waals surface area contributed by atoms with Crippen LogP contribution in [0.4, 0.5) is 0 Å². The average molecular weight is 238 g/mol. The molecule has 0 aliphatic carbocycles. The van der Waals surface area contributed by atoms with E-state index in [1.54, 1.807) is 0 Å². The fourth-order valence-corrected chi connectivity index (χ4v) is 1.94. The van der Waals surface area contributed by atoms with E-state index in [4.69, 9.17) is 10.2 Å². The minimum atomic E-state index is 0.549. The first kappa shape index (κ1) is 11.0. The highest BCUT2D eigenvalue weighted by Gasteiger charge is 2.07. The Morgan fingerprint density at radius 2 is 1.89 bits per heavy atom. The minimum Gasteiger partial charge on any atom is -0.436 e. The zero-order valence-electron chi connectivity index (χ0n) is 10.2. The van der Waals surface area contributed by atoms with Crippen LogP contribution in [0, 0.1) is 6.92 Å². The summed E-state index contributed by atoms with van der Waals surface area (Å²) in [6, 6.07) is 14.0. The second-order valence-electron chi connectivity index (χ2n) is 4.39. The highest BCUT2D eigenvalue weighted by molar-refractivity contribution is 5.76. The predicted molar refractivity (Wildman–Crippen MR) is 72.1 cm³/mol. The number of benzene rings is 2. The molecule has 1 aromatic heterocycles. The highest BCUT2D eigenvalue weighted by atomic mass is 16.3. The van der Waals surface area contributed by atoms with Crippen molar-refractivity contribution in [2.45, 2.75) is 13.5 Å². The van der Waals surface area contributed by atoms with E-state index < -0.39 is 0 Å². The summed E-state index contributed by atoms with van der Waals surface area (Å²) in [7, 11) is 0. The van der Waals surface area contributed by atoms with Gasteiger partial charge in [-0.25, -0.2) is 4.98 Å². The summed E-state index contributed by atoms with van der Waals surface area (Å²) in [5.74, 6) is 0.652. The molecule has 0 unspecified atom stereocenters. The van der Waals surface area contributed by atoms with Crippen LogP contribution in [0.2, 0.25) is 0 Å². The van der Waals surface area contributed by atoms with Crippen LogP contribution in [-0.4, -0.2) is 4.98 Å². The van der Waals surface area contributed by atoms with Gasteiger partial charge in [0.2, 0.25) is 5.89 Å². The third-order valence-electron chi connectivity index (χ3n) is 2.98. The number of aromatic nitrogens is 1.